The van der Waals surface area contributed by atoms with E-state index in [0.717, 1.165) is 19.8 Å². The van der Waals surface area contributed by atoms with Gasteiger partial charge in [-0.3, -0.25) is 9.36 Å². The maximum atomic E-state index is 12.2. The van der Waals surface area contributed by atoms with E-state index in [9.17, 15) is 14.2 Å². The molecule has 0 aliphatic carbocycles. The van der Waals surface area contributed by atoms with E-state index in [2.05, 4.69) is 5.32 Å². The van der Waals surface area contributed by atoms with Crippen LogP contribution in [0.1, 0.15) is 12.5 Å². The molecule has 1 amide bonds. The lowest BCUT2D eigenvalue weighted by Crippen LogP contribution is -2.40. The van der Waals surface area contributed by atoms with Gasteiger partial charge in [-0.25, -0.2) is 4.79 Å². The van der Waals surface area contributed by atoms with Crippen molar-refractivity contribution in [3.8, 4) is 0 Å². The normalized spacial score (nSPS) is 12.5. The first-order valence-electron chi connectivity index (χ1n) is 6.12. The second kappa shape index (κ2) is 7.93. The molecule has 0 bridgehead atoms. The van der Waals surface area contributed by atoms with Gasteiger partial charge in [-0.2, -0.15) is 0 Å². The first-order chi connectivity index (χ1) is 9.92. The van der Waals surface area contributed by atoms with Crippen LogP contribution in [0.25, 0.3) is 0 Å². The number of ether oxygens (including phenoxy) is 1. The van der Waals surface area contributed by atoms with E-state index in [1.807, 2.05) is 6.07 Å². The fourth-order valence-corrected chi connectivity index (χ4v) is 2.84. The van der Waals surface area contributed by atoms with Gasteiger partial charge >= 0.3 is 13.7 Å². The first kappa shape index (κ1) is 17.4. The lowest BCUT2D eigenvalue weighted by atomic mass is 10.2. The summed E-state index contributed by atoms with van der Waals surface area (Å²) in [6, 6.07) is 9.01. The van der Waals surface area contributed by atoms with Gasteiger partial charge in [0.15, 0.2) is 11.6 Å². The molecule has 0 aliphatic rings. The molecule has 1 aromatic carbocycles. The molecular formula is C13H18NO6P. The van der Waals surface area contributed by atoms with Gasteiger partial charge in [0, 0.05) is 14.2 Å². The van der Waals surface area contributed by atoms with E-state index in [-0.39, 0.29) is 6.61 Å². The number of amides is 1. The topological polar surface area (TPSA) is 90.9 Å². The Bertz CT molecular complexity index is 525. The maximum absolute atomic E-state index is 12.2. The number of rotatable bonds is 7. The summed E-state index contributed by atoms with van der Waals surface area (Å²) in [4.78, 5) is 23.2. The molecule has 8 heteroatoms. The van der Waals surface area contributed by atoms with Crippen molar-refractivity contribution in [2.45, 2.75) is 19.3 Å². The third-order valence-electron chi connectivity index (χ3n) is 2.68. The number of ketones is 1. The van der Waals surface area contributed by atoms with Gasteiger partial charge in [0.1, 0.15) is 6.61 Å². The van der Waals surface area contributed by atoms with E-state index in [1.54, 1.807) is 24.3 Å². The quantitative estimate of drug-likeness (QED) is 0.776. The van der Waals surface area contributed by atoms with Crippen molar-refractivity contribution in [3.05, 3.63) is 35.9 Å². The minimum Gasteiger partial charge on any atom is -0.445 e. The number of carbonyl (C=O) groups is 2. The van der Waals surface area contributed by atoms with Crippen LogP contribution in [0.5, 0.6) is 0 Å². The van der Waals surface area contributed by atoms with Crippen molar-refractivity contribution in [2.75, 3.05) is 14.2 Å². The molecule has 1 rings (SSSR count). The SMILES string of the molecule is COP(=O)(OC)C(NC(=O)OCc1ccccc1)C(C)=O. The fourth-order valence-electron chi connectivity index (χ4n) is 1.57. The van der Waals surface area contributed by atoms with E-state index in [0.29, 0.717) is 0 Å². The first-order valence-corrected chi connectivity index (χ1v) is 7.73. The summed E-state index contributed by atoms with van der Waals surface area (Å²) in [6.07, 6.45) is -0.881. The van der Waals surface area contributed by atoms with Crippen LogP contribution in [0, 0.1) is 0 Å². The van der Waals surface area contributed by atoms with Gasteiger partial charge in [0.25, 0.3) is 0 Å². The average molecular weight is 315 g/mol. The summed E-state index contributed by atoms with van der Waals surface area (Å²) in [7, 11) is -1.49. The summed E-state index contributed by atoms with van der Waals surface area (Å²) in [5, 5.41) is 2.21. The molecule has 21 heavy (non-hydrogen) atoms. The third kappa shape index (κ3) is 4.97. The Morgan fingerprint density at radius 2 is 1.76 bits per heavy atom. The second-order valence-electron chi connectivity index (χ2n) is 4.12. The summed E-state index contributed by atoms with van der Waals surface area (Å²) in [5.41, 5.74) is 0.786. The number of hydrogen-bond donors (Lipinski definition) is 1. The number of hydrogen-bond acceptors (Lipinski definition) is 6. The lowest BCUT2D eigenvalue weighted by Gasteiger charge is -2.22. The average Bonchev–Trinajstić information content (AvgIpc) is 2.50. The highest BCUT2D eigenvalue weighted by atomic mass is 31.2. The smallest absolute Gasteiger partial charge is 0.408 e. The van der Waals surface area contributed by atoms with Crippen molar-refractivity contribution >= 4 is 19.5 Å². The van der Waals surface area contributed by atoms with Crippen LogP contribution in [0.3, 0.4) is 0 Å². The highest BCUT2D eigenvalue weighted by Crippen LogP contribution is 2.50. The van der Waals surface area contributed by atoms with Gasteiger partial charge < -0.3 is 19.1 Å². The van der Waals surface area contributed by atoms with E-state index in [4.69, 9.17) is 13.8 Å². The van der Waals surface area contributed by atoms with Crippen molar-refractivity contribution < 1.29 is 27.9 Å². The molecular weight excluding hydrogens is 297 g/mol. The second-order valence-corrected chi connectivity index (χ2v) is 6.45. The number of carbonyl (C=O) groups excluding carboxylic acids is 2. The zero-order chi connectivity index (χ0) is 15.9. The monoisotopic (exact) mass is 315 g/mol. The fraction of sp³-hybridized carbons (Fsp3) is 0.385. The van der Waals surface area contributed by atoms with Gasteiger partial charge in [-0.1, -0.05) is 30.3 Å². The molecule has 0 saturated heterocycles. The van der Waals surface area contributed by atoms with Crippen LogP contribution in [0.4, 0.5) is 4.79 Å². The van der Waals surface area contributed by atoms with Gasteiger partial charge in [0.05, 0.1) is 0 Å². The molecule has 0 radical (unpaired) electrons. The van der Waals surface area contributed by atoms with Crippen molar-refractivity contribution in [3.63, 3.8) is 0 Å². The van der Waals surface area contributed by atoms with Crippen LogP contribution in [-0.4, -0.2) is 31.9 Å². The Morgan fingerprint density at radius 1 is 1.19 bits per heavy atom. The lowest BCUT2D eigenvalue weighted by molar-refractivity contribution is -0.117. The summed E-state index contributed by atoms with van der Waals surface area (Å²) < 4.78 is 26.6. The molecule has 1 N–H and O–H groups in total. The Balaban J connectivity index is 2.65. The molecule has 0 aromatic heterocycles. The molecule has 0 heterocycles. The van der Waals surface area contributed by atoms with Crippen LogP contribution in [-0.2, 0) is 29.8 Å². The molecule has 7 nitrogen and oxygen atoms in total. The van der Waals surface area contributed by atoms with Crippen molar-refractivity contribution in [2.24, 2.45) is 0 Å². The Hall–Kier alpha value is -1.69. The van der Waals surface area contributed by atoms with Crippen LogP contribution in [0.15, 0.2) is 30.3 Å². The summed E-state index contributed by atoms with van der Waals surface area (Å²) >= 11 is 0. The summed E-state index contributed by atoms with van der Waals surface area (Å²) in [5.74, 6) is -1.96. The van der Waals surface area contributed by atoms with Crippen molar-refractivity contribution in [1.82, 2.24) is 5.32 Å². The zero-order valence-electron chi connectivity index (χ0n) is 12.1. The predicted octanol–water partition coefficient (Wildman–Crippen LogP) is 2.31. The Morgan fingerprint density at radius 3 is 2.24 bits per heavy atom. The largest absolute Gasteiger partial charge is 0.445 e. The molecule has 0 aliphatic heterocycles. The standard InChI is InChI=1S/C13H18NO6P/c1-10(15)12(21(17,18-2)19-3)14-13(16)20-9-11-7-5-4-6-8-11/h4-8,12H,9H2,1-3H3,(H,14,16). The Labute approximate surface area is 123 Å². The van der Waals surface area contributed by atoms with E-state index >= 15 is 0 Å². The highest BCUT2D eigenvalue weighted by Gasteiger charge is 2.39. The number of nitrogens with one attached hydrogen (secondary N) is 1. The number of benzene rings is 1. The van der Waals surface area contributed by atoms with E-state index in [1.165, 1.54) is 6.92 Å². The summed E-state index contributed by atoms with van der Waals surface area (Å²) in [6.45, 7) is 1.20. The molecule has 116 valence electrons. The predicted molar refractivity (Wildman–Crippen MR) is 75.9 cm³/mol. The molecule has 1 unspecified atom stereocenters. The molecule has 0 fully saturated rings. The molecule has 0 spiro atoms. The highest BCUT2D eigenvalue weighted by molar-refractivity contribution is 7.55. The van der Waals surface area contributed by atoms with Crippen molar-refractivity contribution in [1.29, 1.82) is 0 Å². The van der Waals surface area contributed by atoms with Crippen LogP contribution >= 0.6 is 7.60 Å². The number of alkyl carbamates (subject to hydrolysis) is 1. The minimum atomic E-state index is -3.76. The Kier molecular flexibility index (Phi) is 6.55. The zero-order valence-corrected chi connectivity index (χ0v) is 13.0. The third-order valence-corrected chi connectivity index (χ3v) is 4.82. The maximum Gasteiger partial charge on any atom is 0.408 e. The van der Waals surface area contributed by atoms with Crippen LogP contribution in [0.2, 0.25) is 0 Å². The van der Waals surface area contributed by atoms with Gasteiger partial charge in [0.2, 0.25) is 0 Å². The van der Waals surface area contributed by atoms with Gasteiger partial charge in [-0.15, -0.1) is 0 Å². The van der Waals surface area contributed by atoms with Crippen LogP contribution < -0.4 is 5.32 Å². The minimum absolute atomic E-state index is 0.0293. The molecule has 0 saturated carbocycles. The number of Topliss-reactive ketones (excluding diaryl/α,β-unsaturated/α-hetero) is 1. The van der Waals surface area contributed by atoms with E-state index < -0.39 is 25.3 Å². The molecule has 1 aromatic rings. The molecule has 1 atom stereocenters. The van der Waals surface area contributed by atoms with Gasteiger partial charge in [-0.05, 0) is 12.5 Å².